The van der Waals surface area contributed by atoms with Crippen molar-refractivity contribution in [1.82, 2.24) is 15.2 Å². The third-order valence-electron chi connectivity index (χ3n) is 10.3. The molecular formula is C41H45N5O6S2Si. The summed E-state index contributed by atoms with van der Waals surface area (Å²) in [5.41, 5.74) is 2.12. The number of hydrogen-bond acceptors (Lipinski definition) is 10. The van der Waals surface area contributed by atoms with E-state index in [9.17, 15) is 19.5 Å². The molecule has 0 aliphatic carbocycles. The van der Waals surface area contributed by atoms with Crippen molar-refractivity contribution < 1.29 is 28.8 Å². The molecule has 0 bridgehead atoms. The Hall–Kier alpha value is -5.02. The molecule has 3 aromatic carbocycles. The predicted molar refractivity (Wildman–Crippen MR) is 220 cm³/mol. The second-order valence-corrected chi connectivity index (χ2v) is 21.4. The van der Waals surface area contributed by atoms with E-state index < -0.39 is 43.7 Å². The molecule has 0 radical (unpaired) electrons. The van der Waals surface area contributed by atoms with Crippen LogP contribution in [0.5, 0.6) is 0 Å². The standard InChI is InChI=1S/C41H45N5O6S2Si/c1-40(2,3)55(5,6)52-24-16-23-32-35(38(49)50)46-31(26-53-32)34(37(46)48)43-36(47)33(45-51-4)30-25-54-39(42-30)44-41(27-17-10-7-11-18-27,28-19-12-8-13-20-28)29-21-14-9-15-22-29/h7-23,25,31,34H,24,26H2,1-6H3,(H,42,44)(H,43,47)(H,49,50)/b23-16?,45-33-. The number of amides is 2. The molecule has 2 aliphatic rings. The molecule has 1 fully saturated rings. The zero-order chi connectivity index (χ0) is 39.4. The molecule has 2 aliphatic heterocycles. The van der Waals surface area contributed by atoms with Crippen molar-refractivity contribution in [2.45, 2.75) is 56.5 Å². The van der Waals surface area contributed by atoms with Crippen molar-refractivity contribution in [3.8, 4) is 0 Å². The lowest BCUT2D eigenvalue weighted by Crippen LogP contribution is -2.73. The van der Waals surface area contributed by atoms with Crippen molar-refractivity contribution in [2.75, 3.05) is 24.8 Å². The minimum absolute atomic E-state index is 0.0359. The van der Waals surface area contributed by atoms with Gasteiger partial charge in [0.05, 0.1) is 12.6 Å². The summed E-state index contributed by atoms with van der Waals surface area (Å²) in [4.78, 5) is 51.4. The Balaban J connectivity index is 1.22. The molecule has 55 heavy (non-hydrogen) atoms. The van der Waals surface area contributed by atoms with Gasteiger partial charge in [0.25, 0.3) is 11.8 Å². The molecular weight excluding hydrogens is 751 g/mol. The first kappa shape index (κ1) is 39.7. The molecule has 2 atom stereocenters. The number of benzene rings is 3. The number of oxime groups is 1. The lowest BCUT2D eigenvalue weighted by Gasteiger charge is -2.49. The van der Waals surface area contributed by atoms with Crippen LogP contribution in [0.2, 0.25) is 18.1 Å². The van der Waals surface area contributed by atoms with Crippen molar-refractivity contribution in [3.05, 3.63) is 142 Å². The van der Waals surface area contributed by atoms with Crippen molar-refractivity contribution in [1.29, 1.82) is 0 Å². The molecule has 1 aromatic heterocycles. The van der Waals surface area contributed by atoms with Crippen LogP contribution >= 0.6 is 23.1 Å². The fraction of sp³-hybridized carbons (Fsp3) is 0.293. The zero-order valence-electron chi connectivity index (χ0n) is 31.6. The Morgan fingerprint density at radius 1 is 0.982 bits per heavy atom. The van der Waals surface area contributed by atoms with Gasteiger partial charge < -0.3 is 25.0 Å². The van der Waals surface area contributed by atoms with Crippen LogP contribution in [0.4, 0.5) is 5.13 Å². The second kappa shape index (κ2) is 16.4. The van der Waals surface area contributed by atoms with Crippen LogP contribution in [-0.2, 0) is 29.2 Å². The second-order valence-electron chi connectivity index (χ2n) is 14.7. The van der Waals surface area contributed by atoms with Gasteiger partial charge in [-0.3, -0.25) is 14.5 Å². The topological polar surface area (TPSA) is 142 Å². The number of carboxylic acid groups (broad SMARTS) is 1. The number of thiazole rings is 1. The van der Waals surface area contributed by atoms with Crippen LogP contribution in [0.1, 0.15) is 43.2 Å². The molecule has 2 unspecified atom stereocenters. The number of carbonyl (C=O) groups is 3. The molecule has 0 spiro atoms. The average molecular weight is 796 g/mol. The summed E-state index contributed by atoms with van der Waals surface area (Å²) in [6.45, 7) is 11.1. The lowest BCUT2D eigenvalue weighted by atomic mass is 9.77. The predicted octanol–water partition coefficient (Wildman–Crippen LogP) is 7.21. The van der Waals surface area contributed by atoms with Gasteiger partial charge >= 0.3 is 5.97 Å². The average Bonchev–Trinajstić information content (AvgIpc) is 3.64. The molecule has 11 nitrogen and oxygen atoms in total. The van der Waals surface area contributed by atoms with E-state index in [0.717, 1.165) is 16.7 Å². The number of rotatable bonds is 14. The molecule has 1 saturated heterocycles. The van der Waals surface area contributed by atoms with Gasteiger partial charge in [0.2, 0.25) is 0 Å². The van der Waals surface area contributed by atoms with Crippen LogP contribution < -0.4 is 10.6 Å². The first-order chi connectivity index (χ1) is 26.3. The Morgan fingerprint density at radius 3 is 2.05 bits per heavy atom. The smallest absolute Gasteiger partial charge is 0.353 e. The van der Waals surface area contributed by atoms with Gasteiger partial charge in [-0.05, 0) is 40.9 Å². The van der Waals surface area contributed by atoms with E-state index in [0.29, 0.717) is 22.4 Å². The van der Waals surface area contributed by atoms with Crippen molar-refractivity contribution in [2.24, 2.45) is 5.16 Å². The highest BCUT2D eigenvalue weighted by Crippen LogP contribution is 2.42. The highest BCUT2D eigenvalue weighted by molar-refractivity contribution is 8.03. The normalized spacial score (nSPS) is 17.8. The lowest BCUT2D eigenvalue weighted by molar-refractivity contribution is -0.153. The molecule has 6 rings (SSSR count). The monoisotopic (exact) mass is 795 g/mol. The van der Waals surface area contributed by atoms with Crippen LogP contribution in [0.3, 0.4) is 0 Å². The zero-order valence-corrected chi connectivity index (χ0v) is 34.2. The van der Waals surface area contributed by atoms with Gasteiger partial charge in [-0.25, -0.2) is 9.78 Å². The molecule has 3 heterocycles. The summed E-state index contributed by atoms with van der Waals surface area (Å²) < 4.78 is 6.20. The highest BCUT2D eigenvalue weighted by Gasteiger charge is 2.54. The van der Waals surface area contributed by atoms with E-state index in [-0.39, 0.29) is 22.1 Å². The third kappa shape index (κ3) is 8.04. The van der Waals surface area contributed by atoms with Gasteiger partial charge in [-0.1, -0.05) is 123 Å². The summed E-state index contributed by atoms with van der Waals surface area (Å²) in [7, 11) is -0.665. The number of β-lactam (4-membered cyclic amide) rings is 1. The number of carboxylic acids is 1. The maximum absolute atomic E-state index is 13.8. The Morgan fingerprint density at radius 2 is 1.55 bits per heavy atom. The summed E-state index contributed by atoms with van der Waals surface area (Å²) in [6, 6.07) is 28.7. The van der Waals surface area contributed by atoms with Crippen molar-refractivity contribution >= 4 is 60.0 Å². The Labute approximate surface area is 330 Å². The van der Waals surface area contributed by atoms with Crippen LogP contribution in [0.15, 0.2) is 124 Å². The van der Waals surface area contributed by atoms with E-state index in [1.54, 1.807) is 17.5 Å². The first-order valence-corrected chi connectivity index (χ1v) is 22.6. The van der Waals surface area contributed by atoms with Gasteiger partial charge in [-0.2, -0.15) is 0 Å². The van der Waals surface area contributed by atoms with Crippen molar-refractivity contribution in [3.63, 3.8) is 0 Å². The largest absolute Gasteiger partial charge is 0.477 e. The van der Waals surface area contributed by atoms with Gasteiger partial charge in [0, 0.05) is 16.0 Å². The fourth-order valence-corrected chi connectivity index (χ4v) is 9.27. The Kier molecular flexibility index (Phi) is 11.8. The maximum atomic E-state index is 13.8. The molecule has 4 aromatic rings. The highest BCUT2D eigenvalue weighted by atomic mass is 32.2. The minimum Gasteiger partial charge on any atom is -0.477 e. The molecule has 0 saturated carbocycles. The summed E-state index contributed by atoms with van der Waals surface area (Å²) in [5.74, 6) is -2.02. The third-order valence-corrected chi connectivity index (χ3v) is 16.7. The molecule has 2 amide bonds. The Bertz CT molecular complexity index is 2020. The fourth-order valence-electron chi connectivity index (χ4n) is 6.36. The number of hydrogen-bond donors (Lipinski definition) is 3. The van der Waals surface area contributed by atoms with Gasteiger partial charge in [-0.15, -0.1) is 23.1 Å². The van der Waals surface area contributed by atoms with Gasteiger partial charge in [0.1, 0.15) is 30.1 Å². The number of carbonyl (C=O) groups excluding carboxylic acids is 2. The quantitative estimate of drug-likeness (QED) is 0.0397. The number of anilines is 1. The van der Waals surface area contributed by atoms with E-state index in [4.69, 9.17) is 14.2 Å². The SMILES string of the molecule is CO/N=C(\C(=O)NC1C(=O)N2C(C(=O)O)=C(C=CCO[Si](C)(C)C(C)(C)C)SCC12)c1csc(NC(c2ccccc2)(c2ccccc2)c2ccccc2)n1. The number of thioether (sulfide) groups is 1. The summed E-state index contributed by atoms with van der Waals surface area (Å²) in [6.07, 6.45) is 3.50. The number of nitrogens with zero attached hydrogens (tertiary/aromatic N) is 3. The molecule has 286 valence electrons. The summed E-state index contributed by atoms with van der Waals surface area (Å²) in [5, 5.41) is 22.9. The van der Waals surface area contributed by atoms with Crippen LogP contribution in [0, 0.1) is 0 Å². The van der Waals surface area contributed by atoms with Crippen LogP contribution in [-0.4, -0.2) is 78.4 Å². The van der Waals surface area contributed by atoms with Gasteiger partial charge in [0.15, 0.2) is 19.2 Å². The minimum atomic E-state index is -1.99. The number of fused-ring (bicyclic) bond motifs is 1. The van der Waals surface area contributed by atoms with E-state index in [1.807, 2.05) is 54.6 Å². The van der Waals surface area contributed by atoms with E-state index >= 15 is 0 Å². The number of nitrogens with one attached hydrogen (secondary N) is 2. The molecule has 3 N–H and O–H groups in total. The maximum Gasteiger partial charge on any atom is 0.353 e. The number of aromatic nitrogens is 1. The summed E-state index contributed by atoms with van der Waals surface area (Å²) >= 11 is 2.63. The number of allylic oxidation sites excluding steroid dienone is 1. The molecule has 14 heteroatoms. The first-order valence-electron chi connectivity index (χ1n) is 17.8. The number of aliphatic carboxylic acids is 1. The van der Waals surface area contributed by atoms with E-state index in [2.05, 4.69) is 86.1 Å². The van der Waals surface area contributed by atoms with Crippen LogP contribution in [0.25, 0.3) is 0 Å². The van der Waals surface area contributed by atoms with E-state index in [1.165, 1.54) is 35.1 Å².